The van der Waals surface area contributed by atoms with Crippen LogP contribution in [0.15, 0.2) is 18.2 Å². The molecular weight excluding hydrogens is 254 g/mol. The number of nitrogens with one attached hydrogen (secondary N) is 1. The Morgan fingerprint density at radius 2 is 1.95 bits per heavy atom. The van der Waals surface area contributed by atoms with Gasteiger partial charge in [-0.2, -0.15) is 0 Å². The zero-order valence-corrected chi connectivity index (χ0v) is 13.0. The molecule has 2 heteroatoms. The van der Waals surface area contributed by atoms with Crippen molar-refractivity contribution in [3.63, 3.8) is 0 Å². The summed E-state index contributed by atoms with van der Waals surface area (Å²) in [6.45, 7) is 6.49. The average Bonchev–Trinajstić information content (AvgIpc) is 2.43. The quantitative estimate of drug-likeness (QED) is 0.760. The minimum absolute atomic E-state index is 0.385. The summed E-state index contributed by atoms with van der Waals surface area (Å²) in [6.07, 6.45) is 8.05. The minimum Gasteiger partial charge on any atom is -0.317 e. The summed E-state index contributed by atoms with van der Waals surface area (Å²) < 4.78 is 0. The van der Waals surface area contributed by atoms with E-state index in [1.807, 2.05) is 0 Å². The lowest BCUT2D eigenvalue weighted by Crippen LogP contribution is -2.33. The van der Waals surface area contributed by atoms with E-state index >= 15 is 0 Å². The van der Waals surface area contributed by atoms with Crippen molar-refractivity contribution >= 4 is 11.6 Å². The molecule has 0 radical (unpaired) electrons. The Morgan fingerprint density at radius 1 is 1.21 bits per heavy atom. The fourth-order valence-corrected chi connectivity index (χ4v) is 3.51. The van der Waals surface area contributed by atoms with Crippen LogP contribution in [0.4, 0.5) is 0 Å². The highest BCUT2D eigenvalue weighted by molar-refractivity contribution is 6.31. The fourth-order valence-electron chi connectivity index (χ4n) is 3.39. The molecule has 0 aromatic heterocycles. The first-order valence-electron chi connectivity index (χ1n) is 7.65. The number of rotatable bonds is 5. The van der Waals surface area contributed by atoms with Crippen molar-refractivity contribution < 1.29 is 0 Å². The zero-order chi connectivity index (χ0) is 13.7. The fraction of sp³-hybridized carbons (Fsp3) is 0.647. The van der Waals surface area contributed by atoms with E-state index in [1.54, 1.807) is 0 Å². The van der Waals surface area contributed by atoms with E-state index in [0.717, 1.165) is 18.1 Å². The molecule has 0 atom stereocenters. The molecule has 106 valence electrons. The van der Waals surface area contributed by atoms with Crippen molar-refractivity contribution in [2.45, 2.75) is 57.8 Å². The van der Waals surface area contributed by atoms with Crippen LogP contribution in [0, 0.1) is 6.92 Å². The second-order valence-corrected chi connectivity index (χ2v) is 6.32. The molecule has 0 heterocycles. The molecule has 1 aliphatic carbocycles. The van der Waals surface area contributed by atoms with Crippen molar-refractivity contribution in [3.05, 3.63) is 34.3 Å². The van der Waals surface area contributed by atoms with Crippen LogP contribution in [0.5, 0.6) is 0 Å². The van der Waals surface area contributed by atoms with Crippen molar-refractivity contribution in [1.82, 2.24) is 5.32 Å². The third-order valence-electron chi connectivity index (χ3n) is 4.61. The Kier molecular flexibility index (Phi) is 5.29. The molecule has 0 unspecified atom stereocenters. The third-order valence-corrected chi connectivity index (χ3v) is 5.04. The van der Waals surface area contributed by atoms with Crippen molar-refractivity contribution in [2.75, 3.05) is 13.1 Å². The smallest absolute Gasteiger partial charge is 0.0435 e. The Bertz CT molecular complexity index is 408. The van der Waals surface area contributed by atoms with E-state index in [0.29, 0.717) is 5.41 Å². The lowest BCUT2D eigenvalue weighted by Gasteiger charge is -2.38. The molecule has 1 aromatic rings. The molecule has 1 aliphatic rings. The van der Waals surface area contributed by atoms with Gasteiger partial charge in [-0.25, -0.2) is 0 Å². The maximum atomic E-state index is 6.18. The lowest BCUT2D eigenvalue weighted by atomic mass is 9.67. The van der Waals surface area contributed by atoms with E-state index in [9.17, 15) is 0 Å². The van der Waals surface area contributed by atoms with Crippen LogP contribution in [0.3, 0.4) is 0 Å². The summed E-state index contributed by atoms with van der Waals surface area (Å²) in [4.78, 5) is 0. The van der Waals surface area contributed by atoms with Crippen LogP contribution in [0.2, 0.25) is 5.02 Å². The SMILES string of the molecule is CCNCCC1(c2ccc(Cl)c(C)c2)CCCCC1. The molecule has 0 amide bonds. The molecule has 1 nitrogen and oxygen atoms in total. The second-order valence-electron chi connectivity index (χ2n) is 5.91. The first kappa shape index (κ1) is 14.9. The molecule has 1 saturated carbocycles. The minimum atomic E-state index is 0.385. The van der Waals surface area contributed by atoms with Crippen LogP contribution in [0.1, 0.15) is 56.6 Å². The van der Waals surface area contributed by atoms with E-state index in [2.05, 4.69) is 37.4 Å². The number of aryl methyl sites for hydroxylation is 1. The normalized spacial score (nSPS) is 18.5. The number of benzene rings is 1. The summed E-state index contributed by atoms with van der Waals surface area (Å²) in [5, 5.41) is 4.38. The number of hydrogen-bond acceptors (Lipinski definition) is 1. The Morgan fingerprint density at radius 3 is 2.58 bits per heavy atom. The van der Waals surface area contributed by atoms with Crippen LogP contribution < -0.4 is 5.32 Å². The Balaban J connectivity index is 2.22. The highest BCUT2D eigenvalue weighted by Crippen LogP contribution is 2.42. The topological polar surface area (TPSA) is 12.0 Å². The molecular formula is C17H26ClN. The lowest BCUT2D eigenvalue weighted by molar-refractivity contribution is 0.271. The van der Waals surface area contributed by atoms with E-state index in [1.165, 1.54) is 49.7 Å². The van der Waals surface area contributed by atoms with E-state index < -0.39 is 0 Å². The van der Waals surface area contributed by atoms with Crippen molar-refractivity contribution in [3.8, 4) is 0 Å². The van der Waals surface area contributed by atoms with Gasteiger partial charge in [0, 0.05) is 5.02 Å². The molecule has 0 saturated heterocycles. The highest BCUT2D eigenvalue weighted by atomic mass is 35.5. The molecule has 1 N–H and O–H groups in total. The summed E-state index contributed by atoms with van der Waals surface area (Å²) >= 11 is 6.18. The molecule has 0 spiro atoms. The number of halogens is 1. The largest absolute Gasteiger partial charge is 0.317 e. The van der Waals surface area contributed by atoms with Gasteiger partial charge >= 0.3 is 0 Å². The molecule has 0 bridgehead atoms. The van der Waals surface area contributed by atoms with Crippen LogP contribution >= 0.6 is 11.6 Å². The summed E-state index contributed by atoms with van der Waals surface area (Å²) in [7, 11) is 0. The van der Waals surface area contributed by atoms with Gasteiger partial charge in [0.2, 0.25) is 0 Å². The van der Waals surface area contributed by atoms with Gasteiger partial charge in [0.05, 0.1) is 0 Å². The first-order valence-corrected chi connectivity index (χ1v) is 8.03. The standard InChI is InChI=1S/C17H26ClN/c1-3-19-12-11-17(9-5-4-6-10-17)15-7-8-16(18)14(2)13-15/h7-8,13,19H,3-6,9-12H2,1-2H3. The van der Waals surface area contributed by atoms with E-state index in [-0.39, 0.29) is 0 Å². The van der Waals surface area contributed by atoms with Gasteiger partial charge in [0.1, 0.15) is 0 Å². The molecule has 2 rings (SSSR count). The summed E-state index contributed by atoms with van der Waals surface area (Å²) in [5.74, 6) is 0. The van der Waals surface area contributed by atoms with E-state index in [4.69, 9.17) is 11.6 Å². The summed E-state index contributed by atoms with van der Waals surface area (Å²) in [6, 6.07) is 6.65. The van der Waals surface area contributed by atoms with Gasteiger partial charge in [0.15, 0.2) is 0 Å². The Labute approximate surface area is 122 Å². The van der Waals surface area contributed by atoms with Gasteiger partial charge in [-0.3, -0.25) is 0 Å². The molecule has 0 aliphatic heterocycles. The number of hydrogen-bond donors (Lipinski definition) is 1. The van der Waals surface area contributed by atoms with Gasteiger partial charge in [-0.1, -0.05) is 49.9 Å². The molecule has 1 aromatic carbocycles. The van der Waals surface area contributed by atoms with Crippen molar-refractivity contribution in [2.24, 2.45) is 0 Å². The van der Waals surface area contributed by atoms with Gasteiger partial charge in [-0.05, 0) is 61.9 Å². The zero-order valence-electron chi connectivity index (χ0n) is 12.3. The van der Waals surface area contributed by atoms with Crippen molar-refractivity contribution in [1.29, 1.82) is 0 Å². The predicted molar refractivity (Wildman–Crippen MR) is 84.1 cm³/mol. The van der Waals surface area contributed by atoms with Crippen LogP contribution in [-0.4, -0.2) is 13.1 Å². The van der Waals surface area contributed by atoms with Crippen LogP contribution in [-0.2, 0) is 5.41 Å². The van der Waals surface area contributed by atoms with Gasteiger partial charge in [0.25, 0.3) is 0 Å². The maximum absolute atomic E-state index is 6.18. The predicted octanol–water partition coefficient (Wildman–Crippen LogP) is 4.85. The first-order chi connectivity index (χ1) is 9.18. The average molecular weight is 280 g/mol. The maximum Gasteiger partial charge on any atom is 0.0435 e. The van der Waals surface area contributed by atoms with Crippen LogP contribution in [0.25, 0.3) is 0 Å². The van der Waals surface area contributed by atoms with Gasteiger partial charge < -0.3 is 5.32 Å². The van der Waals surface area contributed by atoms with Gasteiger partial charge in [-0.15, -0.1) is 0 Å². The Hall–Kier alpha value is -0.530. The second kappa shape index (κ2) is 6.76. The summed E-state index contributed by atoms with van der Waals surface area (Å²) in [5.41, 5.74) is 3.11. The third kappa shape index (κ3) is 3.52. The monoisotopic (exact) mass is 279 g/mol. The molecule has 1 fully saturated rings. The molecule has 19 heavy (non-hydrogen) atoms. The highest BCUT2D eigenvalue weighted by Gasteiger charge is 2.33.